The Kier molecular flexibility index (Phi) is 5.51. The van der Waals surface area contributed by atoms with Gasteiger partial charge in [-0.1, -0.05) is 43.7 Å². The molecule has 122 valence electrons. The SMILES string of the molecule is CCCCn1ncc(C(=O)N[C@@H](C(=O)O)c2ccccc2)c1C. The fraction of sp³-hybridized carbons (Fsp3) is 0.353. The van der Waals surface area contributed by atoms with Gasteiger partial charge in [0, 0.05) is 12.2 Å². The van der Waals surface area contributed by atoms with E-state index in [-0.39, 0.29) is 0 Å². The minimum atomic E-state index is -1.10. The molecule has 2 rings (SSSR count). The number of nitrogens with one attached hydrogen (secondary N) is 1. The summed E-state index contributed by atoms with van der Waals surface area (Å²) in [5.41, 5.74) is 1.68. The minimum absolute atomic E-state index is 0.406. The van der Waals surface area contributed by atoms with Crippen molar-refractivity contribution in [2.24, 2.45) is 0 Å². The van der Waals surface area contributed by atoms with Crippen LogP contribution in [0.15, 0.2) is 36.5 Å². The molecule has 1 amide bonds. The Morgan fingerprint density at radius 3 is 2.61 bits per heavy atom. The van der Waals surface area contributed by atoms with Crippen molar-refractivity contribution in [2.75, 3.05) is 0 Å². The van der Waals surface area contributed by atoms with Crippen molar-refractivity contribution in [3.63, 3.8) is 0 Å². The zero-order valence-corrected chi connectivity index (χ0v) is 13.3. The number of rotatable bonds is 7. The van der Waals surface area contributed by atoms with E-state index in [0.29, 0.717) is 11.1 Å². The van der Waals surface area contributed by atoms with E-state index in [1.54, 1.807) is 35.0 Å². The van der Waals surface area contributed by atoms with Gasteiger partial charge < -0.3 is 10.4 Å². The van der Waals surface area contributed by atoms with Crippen LogP contribution in [0.5, 0.6) is 0 Å². The highest BCUT2D eigenvalue weighted by Crippen LogP contribution is 2.15. The predicted molar refractivity (Wildman–Crippen MR) is 86.2 cm³/mol. The largest absolute Gasteiger partial charge is 0.479 e. The number of amides is 1. The van der Waals surface area contributed by atoms with Gasteiger partial charge in [-0.25, -0.2) is 4.79 Å². The predicted octanol–water partition coefficient (Wildman–Crippen LogP) is 2.55. The lowest BCUT2D eigenvalue weighted by Gasteiger charge is -2.14. The molecule has 0 saturated heterocycles. The highest BCUT2D eigenvalue weighted by molar-refractivity contribution is 5.97. The average molecular weight is 315 g/mol. The first-order chi connectivity index (χ1) is 11.0. The molecule has 1 heterocycles. The summed E-state index contributed by atoms with van der Waals surface area (Å²) in [7, 11) is 0. The zero-order chi connectivity index (χ0) is 16.8. The van der Waals surface area contributed by atoms with Gasteiger partial charge in [0.25, 0.3) is 5.91 Å². The average Bonchev–Trinajstić information content (AvgIpc) is 2.92. The Labute approximate surface area is 135 Å². The molecule has 0 radical (unpaired) electrons. The first kappa shape index (κ1) is 16.7. The number of unbranched alkanes of at least 4 members (excludes halogenated alkanes) is 1. The van der Waals surface area contributed by atoms with E-state index in [2.05, 4.69) is 17.3 Å². The van der Waals surface area contributed by atoms with Gasteiger partial charge in [0.15, 0.2) is 6.04 Å². The fourth-order valence-electron chi connectivity index (χ4n) is 2.34. The number of hydrogen-bond acceptors (Lipinski definition) is 3. The van der Waals surface area contributed by atoms with Crippen molar-refractivity contribution in [3.05, 3.63) is 53.3 Å². The van der Waals surface area contributed by atoms with Crippen molar-refractivity contribution in [1.82, 2.24) is 15.1 Å². The quantitative estimate of drug-likeness (QED) is 0.822. The summed E-state index contributed by atoms with van der Waals surface area (Å²) in [4.78, 5) is 23.9. The smallest absolute Gasteiger partial charge is 0.330 e. The Balaban J connectivity index is 2.17. The number of aromatic nitrogens is 2. The minimum Gasteiger partial charge on any atom is -0.479 e. The van der Waals surface area contributed by atoms with Gasteiger partial charge in [0.1, 0.15) is 0 Å². The molecule has 1 aromatic heterocycles. The third-order valence-corrected chi connectivity index (χ3v) is 3.73. The van der Waals surface area contributed by atoms with Crippen LogP contribution in [0.25, 0.3) is 0 Å². The van der Waals surface area contributed by atoms with Crippen LogP contribution in [0.3, 0.4) is 0 Å². The number of aryl methyl sites for hydroxylation is 1. The van der Waals surface area contributed by atoms with E-state index in [9.17, 15) is 14.7 Å². The van der Waals surface area contributed by atoms with Gasteiger partial charge >= 0.3 is 5.97 Å². The number of carboxylic acids is 1. The molecule has 0 aliphatic carbocycles. The van der Waals surface area contributed by atoms with Gasteiger partial charge in [0.05, 0.1) is 11.8 Å². The molecule has 0 spiro atoms. The summed E-state index contributed by atoms with van der Waals surface area (Å²) in [6.45, 7) is 4.65. The molecule has 0 aliphatic heterocycles. The zero-order valence-electron chi connectivity index (χ0n) is 13.3. The molecule has 0 bridgehead atoms. The van der Waals surface area contributed by atoms with Crippen molar-refractivity contribution in [3.8, 4) is 0 Å². The molecule has 2 aromatic rings. The second kappa shape index (κ2) is 7.58. The highest BCUT2D eigenvalue weighted by Gasteiger charge is 2.24. The lowest BCUT2D eigenvalue weighted by Crippen LogP contribution is -2.34. The van der Waals surface area contributed by atoms with Crippen molar-refractivity contribution >= 4 is 11.9 Å². The normalized spacial score (nSPS) is 11.9. The molecular weight excluding hydrogens is 294 g/mol. The number of benzene rings is 1. The number of hydrogen-bond donors (Lipinski definition) is 2. The van der Waals surface area contributed by atoms with Crippen LogP contribution < -0.4 is 5.32 Å². The van der Waals surface area contributed by atoms with Crippen molar-refractivity contribution in [2.45, 2.75) is 39.3 Å². The summed E-state index contributed by atoms with van der Waals surface area (Å²) >= 11 is 0. The Morgan fingerprint density at radius 1 is 1.30 bits per heavy atom. The summed E-state index contributed by atoms with van der Waals surface area (Å²) in [6, 6.07) is 7.55. The molecular formula is C17H21N3O3. The molecule has 23 heavy (non-hydrogen) atoms. The van der Waals surface area contributed by atoms with Crippen LogP contribution in [0.4, 0.5) is 0 Å². The maximum atomic E-state index is 12.4. The summed E-state index contributed by atoms with van der Waals surface area (Å²) < 4.78 is 1.77. The molecule has 1 atom stereocenters. The van der Waals surface area contributed by atoms with E-state index in [1.807, 2.05) is 6.92 Å². The van der Waals surface area contributed by atoms with Crippen molar-refractivity contribution in [1.29, 1.82) is 0 Å². The van der Waals surface area contributed by atoms with Gasteiger partial charge in [-0.2, -0.15) is 5.10 Å². The molecule has 0 aliphatic rings. The van der Waals surface area contributed by atoms with Gasteiger partial charge in [-0.05, 0) is 18.9 Å². The van der Waals surface area contributed by atoms with E-state index >= 15 is 0 Å². The van der Waals surface area contributed by atoms with Crippen LogP contribution in [-0.2, 0) is 11.3 Å². The Morgan fingerprint density at radius 2 is 2.00 bits per heavy atom. The highest BCUT2D eigenvalue weighted by atomic mass is 16.4. The molecule has 0 fully saturated rings. The van der Waals surface area contributed by atoms with Crippen molar-refractivity contribution < 1.29 is 14.7 Å². The first-order valence-corrected chi connectivity index (χ1v) is 7.65. The number of aliphatic carboxylic acids is 1. The Hall–Kier alpha value is -2.63. The van der Waals surface area contributed by atoms with Crippen LogP contribution in [-0.4, -0.2) is 26.8 Å². The fourth-order valence-corrected chi connectivity index (χ4v) is 2.34. The topological polar surface area (TPSA) is 84.2 Å². The number of carbonyl (C=O) groups excluding carboxylic acids is 1. The number of carboxylic acid groups (broad SMARTS) is 1. The van der Waals surface area contributed by atoms with Crippen LogP contribution >= 0.6 is 0 Å². The van der Waals surface area contributed by atoms with Gasteiger partial charge in [-0.15, -0.1) is 0 Å². The van der Waals surface area contributed by atoms with E-state index in [4.69, 9.17) is 0 Å². The molecule has 6 nitrogen and oxygen atoms in total. The van der Waals surface area contributed by atoms with Crippen LogP contribution in [0, 0.1) is 6.92 Å². The third kappa shape index (κ3) is 3.97. The second-order valence-corrected chi connectivity index (χ2v) is 5.38. The molecule has 0 saturated carbocycles. The molecule has 1 aromatic carbocycles. The van der Waals surface area contributed by atoms with Gasteiger partial charge in [-0.3, -0.25) is 9.48 Å². The van der Waals surface area contributed by atoms with Crippen LogP contribution in [0.2, 0.25) is 0 Å². The lowest BCUT2D eigenvalue weighted by molar-refractivity contribution is -0.139. The molecule has 2 N–H and O–H groups in total. The van der Waals surface area contributed by atoms with Gasteiger partial charge in [0.2, 0.25) is 0 Å². The van der Waals surface area contributed by atoms with E-state index in [1.165, 1.54) is 6.20 Å². The van der Waals surface area contributed by atoms with Crippen LogP contribution in [0.1, 0.15) is 47.4 Å². The molecule has 0 unspecified atom stereocenters. The summed E-state index contributed by atoms with van der Waals surface area (Å²) in [5.74, 6) is -1.53. The molecule has 6 heteroatoms. The monoisotopic (exact) mass is 315 g/mol. The lowest BCUT2D eigenvalue weighted by atomic mass is 10.1. The summed E-state index contributed by atoms with van der Waals surface area (Å²) in [6.07, 6.45) is 3.51. The maximum Gasteiger partial charge on any atom is 0.330 e. The standard InChI is InChI=1S/C17H21N3O3/c1-3-4-10-20-12(2)14(11-18-20)16(21)19-15(17(22)23)13-8-6-5-7-9-13/h5-9,11,15H,3-4,10H2,1-2H3,(H,19,21)(H,22,23)/t15-/m1/s1. The first-order valence-electron chi connectivity index (χ1n) is 7.65. The third-order valence-electron chi connectivity index (χ3n) is 3.73. The second-order valence-electron chi connectivity index (χ2n) is 5.38. The van der Waals surface area contributed by atoms with E-state index < -0.39 is 17.9 Å². The summed E-state index contributed by atoms with van der Waals surface area (Å²) in [5, 5.41) is 16.2. The number of carbonyl (C=O) groups is 2. The Bertz CT molecular complexity index is 680. The maximum absolute atomic E-state index is 12.4. The van der Waals surface area contributed by atoms with E-state index in [0.717, 1.165) is 25.1 Å². The number of nitrogens with zero attached hydrogens (tertiary/aromatic N) is 2.